The Bertz CT molecular complexity index is 580. The minimum atomic E-state index is -0.270. The van der Waals surface area contributed by atoms with Crippen LogP contribution in [-0.4, -0.2) is 32.8 Å². The molecule has 2 aromatic rings. The zero-order chi connectivity index (χ0) is 12.8. The van der Waals surface area contributed by atoms with Crippen molar-refractivity contribution in [3.05, 3.63) is 29.0 Å². The molecule has 3 N–H and O–H groups in total. The number of nitrogens with one attached hydrogen (secondary N) is 2. The van der Waals surface area contributed by atoms with Gasteiger partial charge in [-0.25, -0.2) is 4.98 Å². The molecule has 0 spiro atoms. The van der Waals surface area contributed by atoms with E-state index in [1.165, 1.54) is 23.7 Å². The first kappa shape index (κ1) is 12.3. The van der Waals surface area contributed by atoms with Crippen molar-refractivity contribution in [1.82, 2.24) is 15.2 Å². The minimum Gasteiger partial charge on any atom is -0.395 e. The number of carbonyl (C=O) groups is 1. The van der Waals surface area contributed by atoms with Crippen molar-refractivity contribution in [3.8, 4) is 11.8 Å². The minimum absolute atomic E-state index is 0.0376. The highest BCUT2D eigenvalue weighted by Crippen LogP contribution is 2.17. The van der Waals surface area contributed by atoms with E-state index in [1.807, 2.05) is 0 Å². The number of hydrogen-bond donors (Lipinski definition) is 3. The average Bonchev–Trinajstić information content (AvgIpc) is 3.00. The van der Waals surface area contributed by atoms with E-state index in [4.69, 9.17) is 5.11 Å². The molecule has 2 heterocycles. The first-order valence-electron chi connectivity index (χ1n) is 5.15. The lowest BCUT2D eigenvalue weighted by molar-refractivity contribution is 0.102. The molecule has 2 rings (SSSR count). The summed E-state index contributed by atoms with van der Waals surface area (Å²) in [7, 11) is 0. The van der Waals surface area contributed by atoms with E-state index in [0.717, 1.165) is 4.88 Å². The van der Waals surface area contributed by atoms with Gasteiger partial charge < -0.3 is 5.11 Å². The molecule has 0 saturated heterocycles. The van der Waals surface area contributed by atoms with Crippen LogP contribution >= 0.6 is 11.3 Å². The van der Waals surface area contributed by atoms with Gasteiger partial charge in [0, 0.05) is 12.6 Å². The number of H-pyrrole nitrogens is 1. The summed E-state index contributed by atoms with van der Waals surface area (Å²) in [6.07, 6.45) is 4.95. The molecule has 92 valence electrons. The lowest BCUT2D eigenvalue weighted by atomic mass is 10.3. The van der Waals surface area contributed by atoms with Crippen LogP contribution in [0, 0.1) is 11.8 Å². The summed E-state index contributed by atoms with van der Waals surface area (Å²) in [5, 5.41) is 18.0. The molecule has 0 unspecified atom stereocenters. The topological polar surface area (TPSA) is 90.9 Å². The van der Waals surface area contributed by atoms with Gasteiger partial charge in [0.1, 0.15) is 0 Å². The molecule has 6 nitrogen and oxygen atoms in total. The molecule has 0 fully saturated rings. The summed E-state index contributed by atoms with van der Waals surface area (Å²) in [6, 6.07) is 0. The van der Waals surface area contributed by atoms with E-state index in [9.17, 15) is 4.79 Å². The fourth-order valence-corrected chi connectivity index (χ4v) is 1.83. The first-order chi connectivity index (χ1) is 8.79. The molecule has 0 aliphatic heterocycles. The molecule has 0 aromatic carbocycles. The Morgan fingerprint density at radius 1 is 1.56 bits per heavy atom. The van der Waals surface area contributed by atoms with Gasteiger partial charge in [0.25, 0.3) is 5.91 Å². The molecular weight excluding hydrogens is 252 g/mol. The van der Waals surface area contributed by atoms with E-state index < -0.39 is 0 Å². The summed E-state index contributed by atoms with van der Waals surface area (Å²) < 4.78 is 0. The van der Waals surface area contributed by atoms with E-state index in [1.54, 1.807) is 6.20 Å². The Kier molecular flexibility index (Phi) is 4.06. The van der Waals surface area contributed by atoms with Crippen LogP contribution in [-0.2, 0) is 0 Å². The van der Waals surface area contributed by atoms with Crippen LogP contribution in [0.4, 0.5) is 5.13 Å². The SMILES string of the molecule is O=C(Nc1ncc(C#CCCO)s1)c1cn[nH]c1. The lowest BCUT2D eigenvalue weighted by Crippen LogP contribution is -2.10. The molecule has 0 aliphatic rings. The highest BCUT2D eigenvalue weighted by atomic mass is 32.1. The molecule has 0 radical (unpaired) electrons. The van der Waals surface area contributed by atoms with E-state index >= 15 is 0 Å². The fourth-order valence-electron chi connectivity index (χ4n) is 1.14. The summed E-state index contributed by atoms with van der Waals surface area (Å²) in [6.45, 7) is 0.0376. The van der Waals surface area contributed by atoms with Crippen LogP contribution in [0.5, 0.6) is 0 Å². The Morgan fingerprint density at radius 3 is 3.17 bits per heavy atom. The van der Waals surface area contributed by atoms with E-state index in [-0.39, 0.29) is 12.5 Å². The van der Waals surface area contributed by atoms with Crippen LogP contribution in [0.2, 0.25) is 0 Å². The number of hydrogen-bond acceptors (Lipinski definition) is 5. The fraction of sp³-hybridized carbons (Fsp3) is 0.182. The van der Waals surface area contributed by atoms with Crippen molar-refractivity contribution in [3.63, 3.8) is 0 Å². The maximum atomic E-state index is 11.7. The van der Waals surface area contributed by atoms with Gasteiger partial charge in [-0.2, -0.15) is 5.10 Å². The number of aromatic nitrogens is 3. The van der Waals surface area contributed by atoms with Crippen molar-refractivity contribution in [2.24, 2.45) is 0 Å². The predicted octanol–water partition coefficient (Wildman–Crippen LogP) is 0.852. The number of aromatic amines is 1. The third kappa shape index (κ3) is 3.16. The normalized spacial score (nSPS) is 9.61. The molecule has 18 heavy (non-hydrogen) atoms. The maximum Gasteiger partial charge on any atom is 0.260 e. The maximum absolute atomic E-state index is 11.7. The molecule has 0 saturated carbocycles. The summed E-state index contributed by atoms with van der Waals surface area (Å²) in [4.78, 5) is 16.4. The van der Waals surface area contributed by atoms with Crippen LogP contribution in [0.1, 0.15) is 21.7 Å². The van der Waals surface area contributed by atoms with Crippen LogP contribution in [0.25, 0.3) is 0 Å². The van der Waals surface area contributed by atoms with Gasteiger partial charge in [0.15, 0.2) is 5.13 Å². The Hall–Kier alpha value is -2.17. The largest absolute Gasteiger partial charge is 0.395 e. The second kappa shape index (κ2) is 5.95. The van der Waals surface area contributed by atoms with Gasteiger partial charge in [-0.1, -0.05) is 23.2 Å². The standard InChI is InChI=1S/C11H10N4O2S/c16-4-2-1-3-9-7-12-11(18-9)15-10(17)8-5-13-14-6-8/h5-7,16H,2,4H2,(H,13,14)(H,12,15,17). The number of aliphatic hydroxyl groups excluding tert-OH is 1. The number of thiazole rings is 1. The zero-order valence-corrected chi connectivity index (χ0v) is 10.1. The van der Waals surface area contributed by atoms with Gasteiger partial charge >= 0.3 is 0 Å². The molecule has 0 bridgehead atoms. The molecule has 0 aliphatic carbocycles. The Balaban J connectivity index is 1.99. The van der Waals surface area contributed by atoms with Crippen LogP contribution in [0.3, 0.4) is 0 Å². The highest BCUT2D eigenvalue weighted by Gasteiger charge is 2.09. The number of rotatable bonds is 3. The number of nitrogens with zero attached hydrogens (tertiary/aromatic N) is 2. The van der Waals surface area contributed by atoms with Crippen LogP contribution in [0.15, 0.2) is 18.6 Å². The van der Waals surface area contributed by atoms with Crippen molar-refractivity contribution in [2.45, 2.75) is 6.42 Å². The van der Waals surface area contributed by atoms with Gasteiger partial charge in [-0.05, 0) is 0 Å². The Morgan fingerprint density at radius 2 is 2.44 bits per heavy atom. The smallest absolute Gasteiger partial charge is 0.260 e. The second-order valence-corrected chi connectivity index (χ2v) is 4.28. The van der Waals surface area contributed by atoms with Gasteiger partial charge in [-0.3, -0.25) is 15.2 Å². The molecular formula is C11H10N4O2S. The number of aliphatic hydroxyl groups is 1. The van der Waals surface area contributed by atoms with E-state index in [0.29, 0.717) is 17.1 Å². The molecule has 1 amide bonds. The Labute approximate surface area is 107 Å². The highest BCUT2D eigenvalue weighted by molar-refractivity contribution is 7.16. The first-order valence-corrected chi connectivity index (χ1v) is 5.97. The third-order valence-electron chi connectivity index (χ3n) is 1.93. The molecule has 0 atom stereocenters. The average molecular weight is 262 g/mol. The van der Waals surface area contributed by atoms with Gasteiger partial charge in [0.2, 0.25) is 0 Å². The summed E-state index contributed by atoms with van der Waals surface area (Å²) >= 11 is 1.28. The number of amides is 1. The number of anilines is 1. The van der Waals surface area contributed by atoms with Crippen molar-refractivity contribution >= 4 is 22.4 Å². The zero-order valence-electron chi connectivity index (χ0n) is 9.30. The predicted molar refractivity (Wildman–Crippen MR) is 67.2 cm³/mol. The van der Waals surface area contributed by atoms with Gasteiger partial charge in [-0.15, -0.1) is 0 Å². The summed E-state index contributed by atoms with van der Waals surface area (Å²) in [5.74, 6) is 5.37. The second-order valence-electron chi connectivity index (χ2n) is 3.25. The van der Waals surface area contributed by atoms with Crippen molar-refractivity contribution in [2.75, 3.05) is 11.9 Å². The van der Waals surface area contributed by atoms with Crippen molar-refractivity contribution in [1.29, 1.82) is 0 Å². The molecule has 2 aromatic heterocycles. The van der Waals surface area contributed by atoms with Crippen LogP contribution < -0.4 is 5.32 Å². The lowest BCUT2D eigenvalue weighted by Gasteiger charge is -1.96. The summed E-state index contributed by atoms with van der Waals surface area (Å²) in [5.41, 5.74) is 0.443. The third-order valence-corrected chi connectivity index (χ3v) is 2.76. The van der Waals surface area contributed by atoms with Gasteiger partial charge in [0.05, 0.1) is 29.4 Å². The number of carbonyl (C=O) groups excluding carboxylic acids is 1. The van der Waals surface area contributed by atoms with E-state index in [2.05, 4.69) is 32.3 Å². The molecule has 7 heteroatoms. The van der Waals surface area contributed by atoms with Crippen molar-refractivity contribution < 1.29 is 9.90 Å². The monoisotopic (exact) mass is 262 g/mol. The quantitative estimate of drug-likeness (QED) is 0.715.